The quantitative estimate of drug-likeness (QED) is 0.107. The number of pyridine rings is 1. The number of benzene rings is 2. The molecule has 2 bridgehead atoms. The normalized spacial score (nSPS) is 22.5. The monoisotopic (exact) mass is 596 g/mol. The number of ether oxygens (including phenoxy) is 1. The number of rotatable bonds is 6. The van der Waals surface area contributed by atoms with Crippen molar-refractivity contribution in [3.63, 3.8) is 0 Å². The minimum atomic E-state index is -0.648. The molecule has 2 aromatic heterocycles. The molecule has 9 heteroatoms. The molecule has 1 saturated carbocycles. The van der Waals surface area contributed by atoms with Crippen LogP contribution in [0, 0.1) is 30.6 Å². The molecule has 3 heterocycles. The van der Waals surface area contributed by atoms with Gasteiger partial charge in [0.05, 0.1) is 39.2 Å². The zero-order chi connectivity index (χ0) is 29.3. The summed E-state index contributed by atoms with van der Waals surface area (Å²) in [6, 6.07) is 15.5. The Labute approximate surface area is 250 Å². The van der Waals surface area contributed by atoms with Gasteiger partial charge in [0.1, 0.15) is 0 Å². The number of ketones is 1. The lowest BCUT2D eigenvalue weighted by Crippen LogP contribution is -2.32. The minimum absolute atomic E-state index is 0.131. The van der Waals surface area contributed by atoms with Crippen molar-refractivity contribution in [2.24, 2.45) is 23.7 Å². The number of hydrogen-bond donors (Lipinski definition) is 0. The van der Waals surface area contributed by atoms with Gasteiger partial charge in [-0.1, -0.05) is 47.5 Å². The van der Waals surface area contributed by atoms with Crippen molar-refractivity contribution in [3.8, 4) is 11.3 Å². The highest BCUT2D eigenvalue weighted by Gasteiger charge is 2.60. The first-order valence-corrected chi connectivity index (χ1v) is 15.0. The molecule has 0 N–H and O–H groups in total. The van der Waals surface area contributed by atoms with Crippen LogP contribution >= 0.6 is 22.9 Å². The van der Waals surface area contributed by atoms with E-state index in [2.05, 4.69) is 6.08 Å². The fourth-order valence-corrected chi connectivity index (χ4v) is 7.55. The Balaban J connectivity index is 1.20. The van der Waals surface area contributed by atoms with Crippen LogP contribution in [0.15, 0.2) is 71.6 Å². The summed E-state index contributed by atoms with van der Waals surface area (Å²) in [5.41, 5.74) is 4.40. The minimum Gasteiger partial charge on any atom is -0.454 e. The van der Waals surface area contributed by atoms with E-state index in [-0.39, 0.29) is 53.4 Å². The molecule has 4 unspecified atom stereocenters. The average Bonchev–Trinajstić information content (AvgIpc) is 3.78. The van der Waals surface area contributed by atoms with Gasteiger partial charge < -0.3 is 4.74 Å². The molecule has 210 valence electrons. The van der Waals surface area contributed by atoms with Gasteiger partial charge >= 0.3 is 5.97 Å². The van der Waals surface area contributed by atoms with E-state index in [1.165, 1.54) is 21.8 Å². The molecular weight excluding hydrogens is 572 g/mol. The van der Waals surface area contributed by atoms with E-state index >= 15 is 0 Å². The second-order valence-electron chi connectivity index (χ2n) is 11.1. The smallest absolute Gasteiger partial charge is 0.339 e. The molecule has 0 spiro atoms. The van der Waals surface area contributed by atoms with Gasteiger partial charge in [0, 0.05) is 16.0 Å². The molecule has 7 nitrogen and oxygen atoms in total. The van der Waals surface area contributed by atoms with E-state index in [0.29, 0.717) is 43.3 Å². The molecule has 7 rings (SSSR count). The van der Waals surface area contributed by atoms with Gasteiger partial charge in [0.25, 0.3) is 0 Å². The standard InChI is InChI=1S/C33H25ClN2O5S/c1-16-12-19-13-22(16)29-28(19)31(38)36(32(29)39)20-7-5-18(6-8-20)25-14-23(21-9-10-24(34)17(2)30(21)35-25)33(40)41-15-26(37)27-4-3-11-42-27/h3-12,14,19,22,28-29H,13,15H2,1-2H3. The third-order valence-corrected chi connectivity index (χ3v) is 10.1. The first-order chi connectivity index (χ1) is 20.2. The predicted octanol–water partition coefficient (Wildman–Crippen LogP) is 6.67. The zero-order valence-corrected chi connectivity index (χ0v) is 24.4. The highest BCUT2D eigenvalue weighted by Crippen LogP contribution is 2.56. The molecule has 3 aliphatic rings. The van der Waals surface area contributed by atoms with Crippen LogP contribution in [0.1, 0.15) is 38.9 Å². The number of hydrogen-bond acceptors (Lipinski definition) is 7. The number of carbonyl (C=O) groups is 4. The van der Waals surface area contributed by atoms with E-state index in [1.807, 2.05) is 13.8 Å². The fraction of sp³-hybridized carbons (Fsp3) is 0.242. The van der Waals surface area contributed by atoms with Crippen molar-refractivity contribution in [2.45, 2.75) is 20.3 Å². The van der Waals surface area contributed by atoms with Gasteiger partial charge in [0.2, 0.25) is 17.6 Å². The molecule has 4 atom stereocenters. The topological polar surface area (TPSA) is 93.6 Å². The second-order valence-corrected chi connectivity index (χ2v) is 12.5. The number of nitrogens with zero attached hydrogens (tertiary/aromatic N) is 2. The number of imide groups is 1. The summed E-state index contributed by atoms with van der Waals surface area (Å²) < 4.78 is 5.43. The molecule has 2 fully saturated rings. The van der Waals surface area contributed by atoms with Crippen LogP contribution in [0.5, 0.6) is 0 Å². The van der Waals surface area contributed by atoms with Crippen LogP contribution in [0.25, 0.3) is 22.2 Å². The summed E-state index contributed by atoms with van der Waals surface area (Å²) in [7, 11) is 0. The summed E-state index contributed by atoms with van der Waals surface area (Å²) in [5, 5.41) is 2.85. The van der Waals surface area contributed by atoms with Crippen molar-refractivity contribution in [1.29, 1.82) is 0 Å². The van der Waals surface area contributed by atoms with E-state index in [0.717, 1.165) is 6.42 Å². The largest absolute Gasteiger partial charge is 0.454 e. The Morgan fingerprint density at radius 3 is 2.55 bits per heavy atom. The number of amides is 2. The molecular formula is C33H25ClN2O5S. The number of aryl methyl sites for hydroxylation is 1. The highest BCUT2D eigenvalue weighted by atomic mass is 35.5. The van der Waals surface area contributed by atoms with E-state index in [1.54, 1.807) is 60.0 Å². The van der Waals surface area contributed by atoms with Crippen LogP contribution in [0.4, 0.5) is 5.69 Å². The lowest BCUT2D eigenvalue weighted by atomic mass is 9.82. The number of allylic oxidation sites excluding steroid dienone is 2. The molecule has 4 aromatic rings. The van der Waals surface area contributed by atoms with Crippen LogP contribution in [0.3, 0.4) is 0 Å². The van der Waals surface area contributed by atoms with Gasteiger partial charge in [-0.05, 0) is 73.4 Å². The summed E-state index contributed by atoms with van der Waals surface area (Å²) in [5.74, 6) is -1.46. The number of Topliss-reactive ketones (excluding diaryl/α,β-unsaturated/α-hetero) is 1. The Morgan fingerprint density at radius 1 is 1.05 bits per heavy atom. The molecule has 2 aromatic carbocycles. The maximum atomic E-state index is 13.4. The molecule has 2 aliphatic carbocycles. The Bertz CT molecular complexity index is 1850. The first kappa shape index (κ1) is 26.7. The van der Waals surface area contributed by atoms with Gasteiger partial charge in [-0.3, -0.25) is 19.3 Å². The van der Waals surface area contributed by atoms with Crippen LogP contribution in [-0.4, -0.2) is 35.2 Å². The summed E-state index contributed by atoms with van der Waals surface area (Å²) in [4.78, 5) is 59.1. The molecule has 2 amide bonds. The Hall–Kier alpha value is -4.14. The van der Waals surface area contributed by atoms with Gasteiger partial charge in [0.15, 0.2) is 6.61 Å². The van der Waals surface area contributed by atoms with E-state index in [9.17, 15) is 19.2 Å². The van der Waals surface area contributed by atoms with Gasteiger partial charge in [-0.2, -0.15) is 0 Å². The van der Waals surface area contributed by atoms with E-state index < -0.39 is 5.97 Å². The molecule has 1 aliphatic heterocycles. The lowest BCUT2D eigenvalue weighted by molar-refractivity contribution is -0.123. The van der Waals surface area contributed by atoms with Crippen LogP contribution < -0.4 is 4.90 Å². The maximum Gasteiger partial charge on any atom is 0.339 e. The average molecular weight is 597 g/mol. The number of fused-ring (bicyclic) bond motifs is 6. The number of thiophene rings is 1. The molecule has 1 saturated heterocycles. The fourth-order valence-electron chi connectivity index (χ4n) is 6.75. The first-order valence-electron chi connectivity index (χ1n) is 13.7. The Kier molecular flexibility index (Phi) is 6.36. The number of aromatic nitrogens is 1. The number of anilines is 1. The predicted molar refractivity (Wildman–Crippen MR) is 161 cm³/mol. The van der Waals surface area contributed by atoms with Crippen molar-refractivity contribution < 1.29 is 23.9 Å². The highest BCUT2D eigenvalue weighted by molar-refractivity contribution is 7.12. The van der Waals surface area contributed by atoms with Crippen molar-refractivity contribution >= 4 is 63.1 Å². The van der Waals surface area contributed by atoms with Gasteiger partial charge in [-0.15, -0.1) is 11.3 Å². The van der Waals surface area contributed by atoms with Crippen molar-refractivity contribution in [3.05, 3.63) is 92.7 Å². The van der Waals surface area contributed by atoms with E-state index in [4.69, 9.17) is 21.3 Å². The maximum absolute atomic E-state index is 13.4. The summed E-state index contributed by atoms with van der Waals surface area (Å²) >= 11 is 7.69. The number of carbonyl (C=O) groups excluding carboxylic acids is 4. The lowest BCUT2D eigenvalue weighted by Gasteiger charge is -2.19. The third kappa shape index (κ3) is 4.12. The third-order valence-electron chi connectivity index (χ3n) is 8.82. The summed E-state index contributed by atoms with van der Waals surface area (Å²) in [6.07, 6.45) is 3.04. The second kappa shape index (κ2) is 10.00. The Morgan fingerprint density at radius 2 is 1.81 bits per heavy atom. The SMILES string of the molecule is CC1=CC2CC1C1C(=O)N(c3ccc(-c4cc(C(=O)OCC(=O)c5cccs5)c5ccc(Cl)c(C)c5n4)cc3)C(=O)C21. The van der Waals surface area contributed by atoms with Gasteiger partial charge in [-0.25, -0.2) is 9.78 Å². The zero-order valence-electron chi connectivity index (χ0n) is 22.8. The number of halogens is 1. The van der Waals surface area contributed by atoms with Crippen LogP contribution in [0.2, 0.25) is 5.02 Å². The van der Waals surface area contributed by atoms with Crippen molar-refractivity contribution in [2.75, 3.05) is 11.5 Å². The molecule has 0 radical (unpaired) electrons. The van der Waals surface area contributed by atoms with Crippen LogP contribution in [-0.2, 0) is 14.3 Å². The van der Waals surface area contributed by atoms with Crippen molar-refractivity contribution in [1.82, 2.24) is 4.98 Å². The molecule has 42 heavy (non-hydrogen) atoms. The number of esters is 1. The summed E-state index contributed by atoms with van der Waals surface area (Å²) in [6.45, 7) is 3.49.